The third-order valence-corrected chi connectivity index (χ3v) is 2.37. The van der Waals surface area contributed by atoms with E-state index in [1.54, 1.807) is 6.07 Å². The van der Waals surface area contributed by atoms with Crippen LogP contribution in [0.1, 0.15) is 0 Å². The third-order valence-electron chi connectivity index (χ3n) is 1.54. The van der Waals surface area contributed by atoms with Gasteiger partial charge in [0.1, 0.15) is 11.6 Å². The van der Waals surface area contributed by atoms with Crippen molar-refractivity contribution in [3.05, 3.63) is 24.0 Å². The lowest BCUT2D eigenvalue weighted by atomic mass is 10.3. The molecule has 0 amide bonds. The predicted molar refractivity (Wildman–Crippen MR) is 56.9 cm³/mol. The molecule has 0 aliphatic heterocycles. The number of hydrogen-bond acceptors (Lipinski definition) is 2. The molecule has 0 atom stereocenters. The first-order chi connectivity index (χ1) is 6.42. The highest BCUT2D eigenvalue weighted by atomic mass is 28.4. The summed E-state index contributed by atoms with van der Waals surface area (Å²) in [6.07, 6.45) is 0. The van der Waals surface area contributed by atoms with E-state index in [1.807, 2.05) is 0 Å². The second-order valence-corrected chi connectivity index (χ2v) is 8.44. The van der Waals surface area contributed by atoms with Crippen molar-refractivity contribution in [3.63, 3.8) is 0 Å². The van der Waals surface area contributed by atoms with Crippen LogP contribution in [-0.2, 0) is 0 Å². The van der Waals surface area contributed by atoms with Crippen LogP contribution in [0.4, 0.5) is 4.39 Å². The molecule has 0 saturated heterocycles. The van der Waals surface area contributed by atoms with Crippen LogP contribution in [0.2, 0.25) is 19.6 Å². The molecule has 1 aromatic carbocycles. The van der Waals surface area contributed by atoms with Crippen LogP contribution in [0.5, 0.6) is 11.5 Å². The Balaban J connectivity index is 2.97. The average molecular weight is 214 g/mol. The van der Waals surface area contributed by atoms with E-state index in [1.165, 1.54) is 19.2 Å². The average Bonchev–Trinajstić information content (AvgIpc) is 2.06. The van der Waals surface area contributed by atoms with Crippen molar-refractivity contribution < 1.29 is 13.6 Å². The molecular formula is C10H15FO2Si. The molecule has 78 valence electrons. The van der Waals surface area contributed by atoms with Gasteiger partial charge in [-0.1, -0.05) is 0 Å². The summed E-state index contributed by atoms with van der Waals surface area (Å²) in [7, 11) is -0.160. The van der Waals surface area contributed by atoms with Crippen molar-refractivity contribution in [2.24, 2.45) is 0 Å². The lowest BCUT2D eigenvalue weighted by Crippen LogP contribution is -2.29. The zero-order chi connectivity index (χ0) is 10.8. The Bertz CT molecular complexity index is 320. The summed E-state index contributed by atoms with van der Waals surface area (Å²) < 4.78 is 23.6. The summed E-state index contributed by atoms with van der Waals surface area (Å²) in [6, 6.07) is 4.31. The van der Waals surface area contributed by atoms with Crippen molar-refractivity contribution in [1.29, 1.82) is 0 Å². The minimum Gasteiger partial charge on any atom is -0.542 e. The molecule has 2 nitrogen and oxygen atoms in total. The summed E-state index contributed by atoms with van der Waals surface area (Å²) >= 11 is 0. The molecule has 0 N–H and O–H groups in total. The fraction of sp³-hybridized carbons (Fsp3) is 0.400. The molecular weight excluding hydrogens is 199 g/mol. The van der Waals surface area contributed by atoms with Gasteiger partial charge in [0.2, 0.25) is 8.32 Å². The van der Waals surface area contributed by atoms with Gasteiger partial charge in [-0.05, 0) is 31.8 Å². The highest BCUT2D eigenvalue weighted by molar-refractivity contribution is 6.70. The fourth-order valence-corrected chi connectivity index (χ4v) is 1.88. The van der Waals surface area contributed by atoms with Crippen LogP contribution in [0, 0.1) is 5.82 Å². The number of rotatable bonds is 3. The number of halogens is 1. The number of benzene rings is 1. The lowest BCUT2D eigenvalue weighted by Gasteiger charge is -2.20. The largest absolute Gasteiger partial charge is 0.542 e. The van der Waals surface area contributed by atoms with Crippen LogP contribution < -0.4 is 9.16 Å². The van der Waals surface area contributed by atoms with Crippen LogP contribution in [-0.4, -0.2) is 15.4 Å². The second-order valence-electron chi connectivity index (χ2n) is 4.01. The summed E-state index contributed by atoms with van der Waals surface area (Å²) in [5.41, 5.74) is 0. The van der Waals surface area contributed by atoms with Crippen molar-refractivity contribution in [3.8, 4) is 11.5 Å². The Morgan fingerprint density at radius 3 is 2.29 bits per heavy atom. The lowest BCUT2D eigenvalue weighted by molar-refractivity contribution is 0.388. The van der Waals surface area contributed by atoms with Gasteiger partial charge in [0.15, 0.2) is 5.75 Å². The maximum atomic E-state index is 12.8. The topological polar surface area (TPSA) is 18.5 Å². The van der Waals surface area contributed by atoms with Gasteiger partial charge in [-0.15, -0.1) is 0 Å². The highest BCUT2D eigenvalue weighted by Gasteiger charge is 2.18. The van der Waals surface area contributed by atoms with Gasteiger partial charge < -0.3 is 9.16 Å². The predicted octanol–water partition coefficient (Wildman–Crippen LogP) is 3.05. The van der Waals surface area contributed by atoms with E-state index in [0.29, 0.717) is 11.5 Å². The second kappa shape index (κ2) is 4.00. The van der Waals surface area contributed by atoms with E-state index < -0.39 is 8.32 Å². The first-order valence-corrected chi connectivity index (χ1v) is 7.86. The number of ether oxygens (including phenoxy) is 1. The molecule has 0 aromatic heterocycles. The molecule has 1 rings (SSSR count). The molecule has 0 spiro atoms. The number of hydrogen-bond donors (Lipinski definition) is 0. The molecule has 0 fully saturated rings. The fourth-order valence-electron chi connectivity index (χ4n) is 1.06. The molecule has 0 bridgehead atoms. The smallest absolute Gasteiger partial charge is 0.242 e. The maximum absolute atomic E-state index is 12.8. The van der Waals surface area contributed by atoms with Gasteiger partial charge in [0.05, 0.1) is 7.11 Å². The van der Waals surface area contributed by atoms with Crippen molar-refractivity contribution in [1.82, 2.24) is 0 Å². The van der Waals surface area contributed by atoms with Crippen LogP contribution in [0.3, 0.4) is 0 Å². The molecule has 14 heavy (non-hydrogen) atoms. The molecule has 0 aliphatic carbocycles. The Labute approximate surface area is 84.8 Å². The molecule has 0 unspecified atom stereocenters. The van der Waals surface area contributed by atoms with Crippen molar-refractivity contribution in [2.45, 2.75) is 19.6 Å². The first kappa shape index (κ1) is 11.0. The summed E-state index contributed by atoms with van der Waals surface area (Å²) in [5, 5.41) is 0. The van der Waals surface area contributed by atoms with Gasteiger partial charge in [-0.2, -0.15) is 0 Å². The van der Waals surface area contributed by atoms with Gasteiger partial charge in [0, 0.05) is 6.07 Å². The highest BCUT2D eigenvalue weighted by Crippen LogP contribution is 2.29. The van der Waals surface area contributed by atoms with Crippen molar-refractivity contribution >= 4 is 8.32 Å². The zero-order valence-corrected chi connectivity index (χ0v) is 9.93. The molecule has 0 saturated carbocycles. The summed E-state index contributed by atoms with van der Waals surface area (Å²) in [6.45, 7) is 6.20. The van der Waals surface area contributed by atoms with E-state index in [2.05, 4.69) is 19.6 Å². The normalized spacial score (nSPS) is 11.2. The standard InChI is InChI=1S/C10H15FO2Si/c1-12-10-7-8(11)5-6-9(10)13-14(2,3)4/h5-7H,1-4H3. The Hall–Kier alpha value is -1.03. The molecule has 0 radical (unpaired) electrons. The van der Waals surface area contributed by atoms with Gasteiger partial charge in [0.25, 0.3) is 0 Å². The van der Waals surface area contributed by atoms with E-state index in [9.17, 15) is 4.39 Å². The van der Waals surface area contributed by atoms with Crippen LogP contribution in [0.15, 0.2) is 18.2 Å². The number of methoxy groups -OCH3 is 1. The molecule has 1 aromatic rings. The Morgan fingerprint density at radius 2 is 1.79 bits per heavy atom. The molecule has 0 heterocycles. The molecule has 0 aliphatic rings. The van der Waals surface area contributed by atoms with E-state index in [4.69, 9.17) is 9.16 Å². The zero-order valence-electron chi connectivity index (χ0n) is 8.93. The summed E-state index contributed by atoms with van der Waals surface area (Å²) in [5.74, 6) is 0.755. The first-order valence-electron chi connectivity index (χ1n) is 4.45. The van der Waals surface area contributed by atoms with Gasteiger partial charge >= 0.3 is 0 Å². The Morgan fingerprint density at radius 1 is 1.14 bits per heavy atom. The maximum Gasteiger partial charge on any atom is 0.242 e. The minimum absolute atomic E-state index is 0.315. The monoisotopic (exact) mass is 214 g/mol. The molecule has 4 heteroatoms. The Kier molecular flexibility index (Phi) is 3.16. The van der Waals surface area contributed by atoms with Gasteiger partial charge in [-0.3, -0.25) is 0 Å². The van der Waals surface area contributed by atoms with E-state index in [0.717, 1.165) is 0 Å². The summed E-state index contributed by atoms with van der Waals surface area (Å²) in [4.78, 5) is 0. The SMILES string of the molecule is COc1cc(F)ccc1O[Si](C)(C)C. The quantitative estimate of drug-likeness (QED) is 0.720. The van der Waals surface area contributed by atoms with Crippen molar-refractivity contribution in [2.75, 3.05) is 7.11 Å². The van der Waals surface area contributed by atoms with Crippen LogP contribution >= 0.6 is 0 Å². The van der Waals surface area contributed by atoms with Gasteiger partial charge in [-0.25, -0.2) is 4.39 Å². The third kappa shape index (κ3) is 3.03. The van der Waals surface area contributed by atoms with Crippen LogP contribution in [0.25, 0.3) is 0 Å². The van der Waals surface area contributed by atoms with E-state index in [-0.39, 0.29) is 5.82 Å². The van der Waals surface area contributed by atoms with E-state index >= 15 is 0 Å². The minimum atomic E-state index is -1.67.